The van der Waals surface area contributed by atoms with E-state index in [-0.39, 0.29) is 24.6 Å². The van der Waals surface area contributed by atoms with Crippen LogP contribution in [0.2, 0.25) is 5.02 Å². The summed E-state index contributed by atoms with van der Waals surface area (Å²) < 4.78 is 8.12. The highest BCUT2D eigenvalue weighted by atomic mass is 35.5. The van der Waals surface area contributed by atoms with Gasteiger partial charge in [0.2, 0.25) is 5.91 Å². The van der Waals surface area contributed by atoms with E-state index in [4.69, 9.17) is 16.3 Å². The summed E-state index contributed by atoms with van der Waals surface area (Å²) in [5, 5.41) is 13.6. The Hall–Kier alpha value is -1.73. The molecule has 1 aromatic carbocycles. The molecule has 4 fully saturated rings. The number of hydrogen-bond donors (Lipinski definition) is 1. The molecule has 0 spiro atoms. The van der Waals surface area contributed by atoms with E-state index in [1.165, 1.54) is 50.3 Å². The van der Waals surface area contributed by atoms with Crippen molar-refractivity contribution in [3.8, 4) is 5.75 Å². The normalized spacial score (nSPS) is 27.4. The SMILES string of the molecule is CCC(CC)n1c(COc2ccccc2Cl)nnc1SCC(=O)N[C@H](C)C12CC3CC(CC(C3)C1)C2. The Labute approximate surface area is 224 Å². The third-order valence-electron chi connectivity index (χ3n) is 8.95. The number of amides is 1. The summed E-state index contributed by atoms with van der Waals surface area (Å²) in [5.74, 6) is 4.48. The fourth-order valence-corrected chi connectivity index (χ4v) is 8.53. The molecule has 0 radical (unpaired) electrons. The Morgan fingerprint density at radius 1 is 1.14 bits per heavy atom. The molecule has 4 bridgehead atoms. The molecule has 1 N–H and O–H groups in total. The highest BCUT2D eigenvalue weighted by Crippen LogP contribution is 2.61. The lowest BCUT2D eigenvalue weighted by atomic mass is 9.48. The fraction of sp³-hybridized carbons (Fsp3) is 0.679. The van der Waals surface area contributed by atoms with E-state index in [2.05, 4.69) is 40.9 Å². The van der Waals surface area contributed by atoms with E-state index in [1.807, 2.05) is 24.3 Å². The Balaban J connectivity index is 1.22. The van der Waals surface area contributed by atoms with E-state index in [1.54, 1.807) is 0 Å². The summed E-state index contributed by atoms with van der Waals surface area (Å²) in [7, 11) is 0. The third-order valence-corrected chi connectivity index (χ3v) is 10.2. The van der Waals surface area contributed by atoms with Gasteiger partial charge in [-0.2, -0.15) is 0 Å². The molecular weight excluding hydrogens is 492 g/mol. The zero-order valence-electron chi connectivity index (χ0n) is 21.7. The largest absolute Gasteiger partial charge is 0.484 e. The van der Waals surface area contributed by atoms with Crippen LogP contribution in [0.15, 0.2) is 29.4 Å². The predicted octanol–water partition coefficient (Wildman–Crippen LogP) is 6.68. The first-order chi connectivity index (χ1) is 17.4. The molecule has 8 heteroatoms. The second-order valence-corrected chi connectivity index (χ2v) is 12.7. The van der Waals surface area contributed by atoms with Crippen LogP contribution in [0.25, 0.3) is 0 Å². The number of carbonyl (C=O) groups is 1. The molecule has 4 saturated carbocycles. The van der Waals surface area contributed by atoms with E-state index in [0.29, 0.717) is 21.9 Å². The monoisotopic (exact) mass is 530 g/mol. The number of hydrogen-bond acceptors (Lipinski definition) is 5. The van der Waals surface area contributed by atoms with Gasteiger partial charge < -0.3 is 14.6 Å². The number of benzene rings is 1. The molecule has 6 nitrogen and oxygen atoms in total. The lowest BCUT2D eigenvalue weighted by molar-refractivity contribution is -0.123. The van der Waals surface area contributed by atoms with Crippen LogP contribution < -0.4 is 10.1 Å². The average Bonchev–Trinajstić information content (AvgIpc) is 3.25. The van der Waals surface area contributed by atoms with Crippen LogP contribution in [0.5, 0.6) is 5.75 Å². The van der Waals surface area contributed by atoms with Crippen molar-refractivity contribution >= 4 is 29.3 Å². The molecule has 0 aliphatic heterocycles. The van der Waals surface area contributed by atoms with Gasteiger partial charge in [0, 0.05) is 12.1 Å². The van der Waals surface area contributed by atoms with Crippen molar-refractivity contribution in [2.75, 3.05) is 5.75 Å². The quantitative estimate of drug-likeness (QED) is 0.328. The first kappa shape index (κ1) is 25.9. The number of nitrogens with one attached hydrogen (secondary N) is 1. The standard InChI is InChI=1S/C28H39ClN4O2S/c1-4-22(5-2)33-25(16-35-24-9-7-6-8-23(24)29)31-32-27(33)36-17-26(34)30-18(3)28-13-19-10-20(14-28)12-21(11-19)15-28/h6-9,18-22H,4-5,10-17H2,1-3H3,(H,30,34)/t18-,19?,20?,21?,28?/m1/s1. The highest BCUT2D eigenvalue weighted by Gasteiger charge is 2.53. The number of thioether (sulfide) groups is 1. The second kappa shape index (κ2) is 10.9. The topological polar surface area (TPSA) is 69.0 Å². The Morgan fingerprint density at radius 2 is 1.78 bits per heavy atom. The Morgan fingerprint density at radius 3 is 2.39 bits per heavy atom. The van der Waals surface area contributed by atoms with Crippen LogP contribution in [0.3, 0.4) is 0 Å². The van der Waals surface area contributed by atoms with Gasteiger partial charge in [0.05, 0.1) is 10.8 Å². The van der Waals surface area contributed by atoms with Gasteiger partial charge in [-0.05, 0) is 93.6 Å². The minimum absolute atomic E-state index is 0.0937. The summed E-state index contributed by atoms with van der Waals surface area (Å²) in [6.45, 7) is 6.86. The minimum Gasteiger partial charge on any atom is -0.484 e. The molecule has 1 aromatic heterocycles. The number of rotatable bonds is 11. The molecule has 1 amide bonds. The van der Waals surface area contributed by atoms with E-state index < -0.39 is 0 Å². The van der Waals surface area contributed by atoms with Crippen molar-refractivity contribution in [1.29, 1.82) is 0 Å². The van der Waals surface area contributed by atoms with Gasteiger partial charge in [-0.3, -0.25) is 4.79 Å². The molecule has 1 atom stereocenters. The molecule has 4 aliphatic carbocycles. The summed E-state index contributed by atoms with van der Waals surface area (Å²) in [6, 6.07) is 7.93. The zero-order valence-corrected chi connectivity index (χ0v) is 23.3. The maximum Gasteiger partial charge on any atom is 0.230 e. The lowest BCUT2D eigenvalue weighted by Crippen LogP contribution is -2.56. The summed E-state index contributed by atoms with van der Waals surface area (Å²) >= 11 is 7.74. The first-order valence-corrected chi connectivity index (χ1v) is 15.0. The number of carbonyl (C=O) groups excluding carboxylic acids is 1. The van der Waals surface area contributed by atoms with Gasteiger partial charge in [0.25, 0.3) is 0 Å². The molecule has 2 aromatic rings. The fourth-order valence-electron chi connectivity index (χ4n) is 7.50. The van der Waals surface area contributed by atoms with Gasteiger partial charge in [-0.25, -0.2) is 0 Å². The lowest BCUT2D eigenvalue weighted by Gasteiger charge is -2.59. The molecule has 4 aliphatic rings. The van der Waals surface area contributed by atoms with Crippen LogP contribution in [0.4, 0.5) is 0 Å². The number of nitrogens with zero attached hydrogens (tertiary/aromatic N) is 3. The van der Waals surface area contributed by atoms with E-state index >= 15 is 0 Å². The van der Waals surface area contributed by atoms with Crippen LogP contribution in [0, 0.1) is 23.2 Å². The highest BCUT2D eigenvalue weighted by molar-refractivity contribution is 7.99. The molecule has 1 heterocycles. The first-order valence-electron chi connectivity index (χ1n) is 13.6. The maximum absolute atomic E-state index is 13.1. The predicted molar refractivity (Wildman–Crippen MR) is 144 cm³/mol. The zero-order chi connectivity index (χ0) is 25.3. The average molecular weight is 531 g/mol. The minimum atomic E-state index is 0.0937. The second-order valence-electron chi connectivity index (χ2n) is 11.3. The van der Waals surface area contributed by atoms with Crippen molar-refractivity contribution < 1.29 is 9.53 Å². The molecule has 0 saturated heterocycles. The molecule has 36 heavy (non-hydrogen) atoms. The number of halogens is 1. The van der Waals surface area contributed by atoms with E-state index in [0.717, 1.165) is 41.6 Å². The number of para-hydroxylation sites is 1. The smallest absolute Gasteiger partial charge is 0.230 e. The van der Waals surface area contributed by atoms with Gasteiger partial charge in [0.15, 0.2) is 11.0 Å². The molecular formula is C28H39ClN4O2S. The van der Waals surface area contributed by atoms with Crippen LogP contribution in [0.1, 0.15) is 84.0 Å². The van der Waals surface area contributed by atoms with Crippen molar-refractivity contribution in [2.24, 2.45) is 23.2 Å². The summed E-state index contributed by atoms with van der Waals surface area (Å²) in [5.41, 5.74) is 0.313. The molecule has 196 valence electrons. The Bertz CT molecular complexity index is 1030. The molecule has 6 rings (SSSR count). The van der Waals surface area contributed by atoms with Crippen molar-refractivity contribution in [2.45, 2.75) is 96.0 Å². The molecule has 0 unspecified atom stereocenters. The summed E-state index contributed by atoms with van der Waals surface area (Å²) in [6.07, 6.45) is 10.1. The maximum atomic E-state index is 13.1. The van der Waals surface area contributed by atoms with Crippen LogP contribution in [-0.2, 0) is 11.4 Å². The van der Waals surface area contributed by atoms with Crippen molar-refractivity contribution in [3.05, 3.63) is 35.1 Å². The number of aromatic nitrogens is 3. The van der Waals surface area contributed by atoms with Crippen LogP contribution >= 0.6 is 23.4 Å². The third kappa shape index (κ3) is 5.28. The summed E-state index contributed by atoms with van der Waals surface area (Å²) in [4.78, 5) is 13.1. The van der Waals surface area contributed by atoms with Crippen LogP contribution in [-0.4, -0.2) is 32.5 Å². The number of ether oxygens (including phenoxy) is 1. The van der Waals surface area contributed by atoms with Crippen molar-refractivity contribution in [1.82, 2.24) is 20.1 Å². The van der Waals surface area contributed by atoms with Gasteiger partial charge in [-0.15, -0.1) is 10.2 Å². The van der Waals surface area contributed by atoms with Gasteiger partial charge in [0.1, 0.15) is 12.4 Å². The Kier molecular flexibility index (Phi) is 7.87. The van der Waals surface area contributed by atoms with Gasteiger partial charge >= 0.3 is 0 Å². The van der Waals surface area contributed by atoms with Crippen molar-refractivity contribution in [3.63, 3.8) is 0 Å². The van der Waals surface area contributed by atoms with E-state index in [9.17, 15) is 4.79 Å². The van der Waals surface area contributed by atoms with Gasteiger partial charge in [-0.1, -0.05) is 49.3 Å².